The van der Waals surface area contributed by atoms with Gasteiger partial charge in [0.15, 0.2) is 6.61 Å². The molecule has 1 heterocycles. The number of carbonyl (C=O) groups is 2. The van der Waals surface area contributed by atoms with Crippen LogP contribution in [0.4, 0.5) is 5.69 Å². The summed E-state index contributed by atoms with van der Waals surface area (Å²) < 4.78 is 7.28. The lowest BCUT2D eigenvalue weighted by Crippen LogP contribution is -2.15. The van der Waals surface area contributed by atoms with Crippen molar-refractivity contribution in [3.05, 3.63) is 61.4 Å². The van der Waals surface area contributed by atoms with E-state index < -0.39 is 17.5 Å². The van der Waals surface area contributed by atoms with E-state index in [1.54, 1.807) is 6.07 Å². The van der Waals surface area contributed by atoms with Crippen molar-refractivity contribution in [2.75, 3.05) is 6.61 Å². The summed E-state index contributed by atoms with van der Waals surface area (Å²) in [6.45, 7) is 6.04. The van der Waals surface area contributed by atoms with Crippen molar-refractivity contribution in [1.82, 2.24) is 4.57 Å². The molecular formula is C17H17BrN2O5. The Morgan fingerprint density at radius 1 is 1.28 bits per heavy atom. The number of nitro groups is 1. The first-order valence-corrected chi connectivity index (χ1v) is 8.36. The summed E-state index contributed by atoms with van der Waals surface area (Å²) in [4.78, 5) is 34.7. The van der Waals surface area contributed by atoms with Crippen LogP contribution in [0.15, 0.2) is 28.7 Å². The maximum absolute atomic E-state index is 12.3. The monoisotopic (exact) mass is 408 g/mol. The summed E-state index contributed by atoms with van der Waals surface area (Å²) in [5, 5.41) is 10.9. The maximum atomic E-state index is 12.3. The molecule has 132 valence electrons. The first-order chi connectivity index (χ1) is 11.8. The Morgan fingerprint density at radius 2 is 1.96 bits per heavy atom. The van der Waals surface area contributed by atoms with Gasteiger partial charge in [-0.1, -0.05) is 0 Å². The third kappa shape index (κ3) is 3.96. The Morgan fingerprint density at radius 3 is 2.52 bits per heavy atom. The fourth-order valence-corrected chi connectivity index (χ4v) is 3.03. The molecule has 0 aliphatic rings. The number of rotatable bonds is 6. The third-order valence-electron chi connectivity index (χ3n) is 3.90. The standard InChI is InChI=1S/C17H17BrN2O5/c1-4-19-10(2)7-13(11(19)3)16(21)9-25-17(22)12-5-6-14(18)15(8-12)20(23)24/h5-8H,4,9H2,1-3H3. The van der Waals surface area contributed by atoms with Crippen molar-refractivity contribution in [3.8, 4) is 0 Å². The van der Waals surface area contributed by atoms with Crippen LogP contribution in [0, 0.1) is 24.0 Å². The van der Waals surface area contributed by atoms with Gasteiger partial charge in [-0.05, 0) is 54.9 Å². The number of ketones is 1. The van der Waals surface area contributed by atoms with Crippen molar-refractivity contribution >= 4 is 33.4 Å². The predicted molar refractivity (Wildman–Crippen MR) is 95.0 cm³/mol. The molecule has 0 atom stereocenters. The molecule has 0 radical (unpaired) electrons. The molecule has 0 spiro atoms. The Kier molecular flexibility index (Phi) is 5.73. The lowest BCUT2D eigenvalue weighted by molar-refractivity contribution is -0.385. The average Bonchev–Trinajstić information content (AvgIpc) is 2.86. The lowest BCUT2D eigenvalue weighted by atomic mass is 10.1. The minimum absolute atomic E-state index is 0.0155. The summed E-state index contributed by atoms with van der Waals surface area (Å²) in [7, 11) is 0. The van der Waals surface area contributed by atoms with Gasteiger partial charge in [-0.2, -0.15) is 0 Å². The number of Topliss-reactive ketones (excluding diaryl/α,β-unsaturated/α-hetero) is 1. The molecule has 1 aromatic heterocycles. The molecule has 2 rings (SSSR count). The summed E-state index contributed by atoms with van der Waals surface area (Å²) in [6.07, 6.45) is 0. The first kappa shape index (κ1) is 18.9. The number of aromatic nitrogens is 1. The molecule has 0 unspecified atom stereocenters. The number of halogens is 1. The van der Waals surface area contributed by atoms with E-state index in [1.165, 1.54) is 12.1 Å². The SMILES string of the molecule is CCn1c(C)cc(C(=O)COC(=O)c2ccc(Br)c([N+](=O)[O-])c2)c1C. The van der Waals surface area contributed by atoms with E-state index >= 15 is 0 Å². The van der Waals surface area contributed by atoms with Gasteiger partial charge < -0.3 is 9.30 Å². The first-order valence-electron chi connectivity index (χ1n) is 7.57. The van der Waals surface area contributed by atoms with Crippen molar-refractivity contribution in [2.24, 2.45) is 0 Å². The highest BCUT2D eigenvalue weighted by Gasteiger charge is 2.20. The molecular weight excluding hydrogens is 392 g/mol. The molecule has 8 heteroatoms. The van der Waals surface area contributed by atoms with E-state index in [0.717, 1.165) is 24.0 Å². The van der Waals surface area contributed by atoms with E-state index in [9.17, 15) is 19.7 Å². The second kappa shape index (κ2) is 7.60. The van der Waals surface area contributed by atoms with Crippen LogP contribution < -0.4 is 0 Å². The van der Waals surface area contributed by atoms with E-state index in [-0.39, 0.29) is 21.5 Å². The molecule has 0 amide bonds. The molecule has 0 aliphatic heterocycles. The number of esters is 1. The van der Waals surface area contributed by atoms with Crippen LogP contribution in [0.1, 0.15) is 39.0 Å². The second-order valence-electron chi connectivity index (χ2n) is 5.45. The zero-order valence-corrected chi connectivity index (χ0v) is 15.6. The minimum Gasteiger partial charge on any atom is -0.454 e. The van der Waals surface area contributed by atoms with Gasteiger partial charge in [-0.15, -0.1) is 0 Å². The van der Waals surface area contributed by atoms with Gasteiger partial charge in [0.25, 0.3) is 5.69 Å². The van der Waals surface area contributed by atoms with E-state index in [0.29, 0.717) is 5.56 Å². The predicted octanol–water partition coefficient (Wildman–Crippen LogP) is 3.84. The van der Waals surface area contributed by atoms with Gasteiger partial charge in [0, 0.05) is 29.6 Å². The normalized spacial score (nSPS) is 10.6. The maximum Gasteiger partial charge on any atom is 0.338 e. The quantitative estimate of drug-likeness (QED) is 0.313. The summed E-state index contributed by atoms with van der Waals surface area (Å²) in [5.41, 5.74) is 2.06. The van der Waals surface area contributed by atoms with Crippen LogP contribution in [0.2, 0.25) is 0 Å². The highest BCUT2D eigenvalue weighted by molar-refractivity contribution is 9.10. The van der Waals surface area contributed by atoms with Gasteiger partial charge in [0.05, 0.1) is 15.0 Å². The number of benzene rings is 1. The van der Waals surface area contributed by atoms with Crippen LogP contribution in [0.3, 0.4) is 0 Å². The third-order valence-corrected chi connectivity index (χ3v) is 4.57. The summed E-state index contributed by atoms with van der Waals surface area (Å²) in [6, 6.07) is 5.66. The number of hydrogen-bond acceptors (Lipinski definition) is 5. The van der Waals surface area contributed by atoms with Crippen LogP contribution >= 0.6 is 15.9 Å². The Bertz CT molecular complexity index is 857. The minimum atomic E-state index is -0.784. The molecule has 7 nitrogen and oxygen atoms in total. The molecule has 25 heavy (non-hydrogen) atoms. The lowest BCUT2D eigenvalue weighted by Gasteiger charge is -2.07. The molecule has 0 N–H and O–H groups in total. The van der Waals surface area contributed by atoms with E-state index in [2.05, 4.69) is 15.9 Å². The fraction of sp³-hybridized carbons (Fsp3) is 0.294. The molecule has 0 bridgehead atoms. The molecule has 1 aromatic carbocycles. The van der Waals surface area contributed by atoms with Gasteiger partial charge in [-0.3, -0.25) is 14.9 Å². The molecule has 0 aliphatic carbocycles. The van der Waals surface area contributed by atoms with Crippen molar-refractivity contribution in [2.45, 2.75) is 27.3 Å². The second-order valence-corrected chi connectivity index (χ2v) is 6.31. The van der Waals surface area contributed by atoms with Crippen LogP contribution in [0.5, 0.6) is 0 Å². The number of carbonyl (C=O) groups excluding carboxylic acids is 2. The van der Waals surface area contributed by atoms with Gasteiger partial charge in [0.2, 0.25) is 5.78 Å². The number of nitro benzene ring substituents is 1. The number of aryl methyl sites for hydroxylation is 1. The molecule has 0 saturated carbocycles. The molecule has 0 saturated heterocycles. The van der Waals surface area contributed by atoms with Crippen LogP contribution in [-0.4, -0.2) is 27.8 Å². The van der Waals surface area contributed by atoms with Crippen molar-refractivity contribution in [3.63, 3.8) is 0 Å². The van der Waals surface area contributed by atoms with Crippen molar-refractivity contribution < 1.29 is 19.2 Å². The highest BCUT2D eigenvalue weighted by Crippen LogP contribution is 2.26. The Labute approximate surface area is 152 Å². The topological polar surface area (TPSA) is 91.4 Å². The molecule has 0 fully saturated rings. The van der Waals surface area contributed by atoms with Gasteiger partial charge >= 0.3 is 5.97 Å². The largest absolute Gasteiger partial charge is 0.454 e. The molecule has 2 aromatic rings. The van der Waals surface area contributed by atoms with Gasteiger partial charge in [0.1, 0.15) is 0 Å². The number of hydrogen-bond donors (Lipinski definition) is 0. The van der Waals surface area contributed by atoms with E-state index in [1.807, 2.05) is 25.3 Å². The smallest absolute Gasteiger partial charge is 0.338 e. The van der Waals surface area contributed by atoms with Crippen LogP contribution in [0.25, 0.3) is 0 Å². The van der Waals surface area contributed by atoms with Crippen LogP contribution in [-0.2, 0) is 11.3 Å². The Hall–Kier alpha value is -2.48. The average molecular weight is 409 g/mol. The number of ether oxygens (including phenoxy) is 1. The summed E-state index contributed by atoms with van der Waals surface area (Å²) >= 11 is 3.05. The fourth-order valence-electron chi connectivity index (χ4n) is 2.64. The number of nitrogens with zero attached hydrogens (tertiary/aromatic N) is 2. The van der Waals surface area contributed by atoms with Crippen molar-refractivity contribution in [1.29, 1.82) is 0 Å². The van der Waals surface area contributed by atoms with E-state index in [4.69, 9.17) is 4.74 Å². The summed E-state index contributed by atoms with van der Waals surface area (Å²) in [5.74, 6) is -1.10. The zero-order valence-electron chi connectivity index (χ0n) is 14.0. The van der Waals surface area contributed by atoms with Gasteiger partial charge in [-0.25, -0.2) is 4.79 Å². The Balaban J connectivity index is 2.11. The highest BCUT2D eigenvalue weighted by atomic mass is 79.9. The zero-order chi connectivity index (χ0) is 18.7.